The quantitative estimate of drug-likeness (QED) is 0.752. The number of hydrogen-bond acceptors (Lipinski definition) is 2. The summed E-state index contributed by atoms with van der Waals surface area (Å²) in [6, 6.07) is 10.9. The Hall–Kier alpha value is -2.28. The molecule has 1 aliphatic rings. The van der Waals surface area contributed by atoms with E-state index >= 15 is 0 Å². The summed E-state index contributed by atoms with van der Waals surface area (Å²) in [5.41, 5.74) is 1.22. The van der Waals surface area contributed by atoms with Crippen molar-refractivity contribution in [3.05, 3.63) is 64.1 Å². The average Bonchev–Trinajstić information content (AvgIpc) is 2.99. The van der Waals surface area contributed by atoms with Gasteiger partial charge in [-0.15, -0.1) is 0 Å². The van der Waals surface area contributed by atoms with Crippen LogP contribution in [0.2, 0.25) is 0 Å². The molecule has 1 fully saturated rings. The van der Waals surface area contributed by atoms with Crippen molar-refractivity contribution in [2.75, 3.05) is 18.5 Å². The highest BCUT2D eigenvalue weighted by atomic mass is 79.9. The number of carbonyl (C=O) groups excluding carboxylic acids is 2. The van der Waals surface area contributed by atoms with Gasteiger partial charge in [-0.1, -0.05) is 18.2 Å². The molecule has 0 bridgehead atoms. The summed E-state index contributed by atoms with van der Waals surface area (Å²) >= 11 is 3.42. The Kier molecular flexibility index (Phi) is 5.36. The van der Waals surface area contributed by atoms with Crippen LogP contribution in [0.1, 0.15) is 12.0 Å². The van der Waals surface area contributed by atoms with E-state index in [0.717, 1.165) is 22.3 Å². The van der Waals surface area contributed by atoms with E-state index in [4.69, 9.17) is 0 Å². The lowest BCUT2D eigenvalue weighted by Gasteiger charge is -2.22. The summed E-state index contributed by atoms with van der Waals surface area (Å²) in [6.07, 6.45) is 0.127. The number of carbonyl (C=O) groups is 2. The Bertz CT molecular complexity index is 859. The van der Waals surface area contributed by atoms with Gasteiger partial charge in [-0.25, -0.2) is 8.78 Å². The normalized spacial score (nSPS) is 16.8. The third-order valence-corrected chi connectivity index (χ3v) is 5.07. The van der Waals surface area contributed by atoms with Gasteiger partial charge in [0.05, 0.1) is 11.6 Å². The molecule has 3 rings (SSSR count). The first kappa shape index (κ1) is 18.5. The predicted octanol–water partition coefficient (Wildman–Crippen LogP) is 3.74. The fraction of sp³-hybridized carbons (Fsp3) is 0.263. The molecule has 1 atom stereocenters. The summed E-state index contributed by atoms with van der Waals surface area (Å²) in [6.45, 7) is 0.443. The molecule has 2 amide bonds. The molecule has 0 aliphatic carbocycles. The van der Waals surface area contributed by atoms with E-state index in [-0.39, 0.29) is 24.8 Å². The van der Waals surface area contributed by atoms with E-state index in [0.29, 0.717) is 12.1 Å². The summed E-state index contributed by atoms with van der Waals surface area (Å²) in [7, 11) is 1.59. The standard InChI is InChI=1S/C19H17BrF2N2O2/c1-23(10-12-6-7-15(21)16(22)8-12)19(26)13-9-18(25)24(11-13)17-5-3-2-4-14(17)20/h2-8,13H,9-11H2,1H3/t13-/m1/s1. The molecular formula is C19H17BrF2N2O2. The van der Waals surface area contributed by atoms with Crippen molar-refractivity contribution in [3.8, 4) is 0 Å². The lowest BCUT2D eigenvalue weighted by Crippen LogP contribution is -2.34. The Labute approximate surface area is 158 Å². The minimum atomic E-state index is -0.945. The fourth-order valence-corrected chi connectivity index (χ4v) is 3.58. The minimum absolute atomic E-state index is 0.114. The maximum Gasteiger partial charge on any atom is 0.228 e. The molecule has 0 spiro atoms. The highest BCUT2D eigenvalue weighted by Crippen LogP contribution is 2.31. The summed E-state index contributed by atoms with van der Waals surface area (Å²) in [5, 5.41) is 0. The minimum Gasteiger partial charge on any atom is -0.341 e. The van der Waals surface area contributed by atoms with Crippen molar-refractivity contribution >= 4 is 33.4 Å². The summed E-state index contributed by atoms with van der Waals surface area (Å²) in [5.74, 6) is -2.65. The molecule has 1 heterocycles. The van der Waals surface area contributed by atoms with E-state index in [9.17, 15) is 18.4 Å². The predicted molar refractivity (Wildman–Crippen MR) is 97.4 cm³/mol. The smallest absolute Gasteiger partial charge is 0.228 e. The molecule has 136 valence electrons. The monoisotopic (exact) mass is 422 g/mol. The number of benzene rings is 2. The van der Waals surface area contributed by atoms with Crippen molar-refractivity contribution in [2.24, 2.45) is 5.92 Å². The topological polar surface area (TPSA) is 40.6 Å². The van der Waals surface area contributed by atoms with E-state index in [1.165, 1.54) is 11.0 Å². The third kappa shape index (κ3) is 3.77. The lowest BCUT2D eigenvalue weighted by atomic mass is 10.1. The molecule has 1 saturated heterocycles. The summed E-state index contributed by atoms with van der Waals surface area (Å²) in [4.78, 5) is 28.1. The number of hydrogen-bond donors (Lipinski definition) is 0. The number of amides is 2. The van der Waals surface area contributed by atoms with Gasteiger partial charge in [0.15, 0.2) is 11.6 Å². The van der Waals surface area contributed by atoms with Crippen LogP contribution in [0.3, 0.4) is 0 Å². The molecule has 0 aromatic heterocycles. The van der Waals surface area contributed by atoms with E-state index < -0.39 is 17.6 Å². The molecule has 0 saturated carbocycles. The van der Waals surface area contributed by atoms with Crippen LogP contribution < -0.4 is 4.90 Å². The van der Waals surface area contributed by atoms with Crippen molar-refractivity contribution < 1.29 is 18.4 Å². The van der Waals surface area contributed by atoms with Gasteiger partial charge in [0.2, 0.25) is 11.8 Å². The third-order valence-electron chi connectivity index (χ3n) is 4.40. The van der Waals surface area contributed by atoms with Gasteiger partial charge in [0.1, 0.15) is 0 Å². The fourth-order valence-electron chi connectivity index (χ4n) is 3.08. The maximum absolute atomic E-state index is 13.3. The Balaban J connectivity index is 1.69. The SMILES string of the molecule is CN(Cc1ccc(F)c(F)c1)C(=O)[C@@H]1CC(=O)N(c2ccccc2Br)C1. The molecule has 7 heteroatoms. The number of nitrogens with zero attached hydrogens (tertiary/aromatic N) is 2. The van der Waals surface area contributed by atoms with Crippen LogP contribution in [0, 0.1) is 17.6 Å². The van der Waals surface area contributed by atoms with Crippen LogP contribution in [0.25, 0.3) is 0 Å². The van der Waals surface area contributed by atoms with Crippen LogP contribution in [-0.4, -0.2) is 30.3 Å². The number of halogens is 3. The number of para-hydroxylation sites is 1. The largest absolute Gasteiger partial charge is 0.341 e. The first-order valence-electron chi connectivity index (χ1n) is 8.10. The molecule has 0 N–H and O–H groups in total. The van der Waals surface area contributed by atoms with Gasteiger partial charge < -0.3 is 9.80 Å². The van der Waals surface area contributed by atoms with Crippen molar-refractivity contribution in [3.63, 3.8) is 0 Å². The van der Waals surface area contributed by atoms with Gasteiger partial charge in [0, 0.05) is 31.0 Å². The zero-order chi connectivity index (χ0) is 18.8. The maximum atomic E-state index is 13.3. The second-order valence-electron chi connectivity index (χ2n) is 6.30. The van der Waals surface area contributed by atoms with Crippen molar-refractivity contribution in [2.45, 2.75) is 13.0 Å². The second-order valence-corrected chi connectivity index (χ2v) is 7.15. The molecule has 4 nitrogen and oxygen atoms in total. The van der Waals surface area contributed by atoms with Crippen LogP contribution in [0.5, 0.6) is 0 Å². The van der Waals surface area contributed by atoms with Crippen LogP contribution in [0.15, 0.2) is 46.9 Å². The Morgan fingerprint density at radius 1 is 1.23 bits per heavy atom. The number of anilines is 1. The first-order chi connectivity index (χ1) is 12.4. The zero-order valence-electron chi connectivity index (χ0n) is 14.1. The van der Waals surface area contributed by atoms with Gasteiger partial charge in [-0.3, -0.25) is 9.59 Å². The van der Waals surface area contributed by atoms with E-state index in [1.807, 2.05) is 24.3 Å². The van der Waals surface area contributed by atoms with E-state index in [2.05, 4.69) is 15.9 Å². The highest BCUT2D eigenvalue weighted by molar-refractivity contribution is 9.10. The van der Waals surface area contributed by atoms with E-state index in [1.54, 1.807) is 11.9 Å². The van der Waals surface area contributed by atoms with Crippen LogP contribution in [-0.2, 0) is 16.1 Å². The van der Waals surface area contributed by atoms with Gasteiger partial charge in [-0.05, 0) is 45.8 Å². The Morgan fingerprint density at radius 2 is 1.96 bits per heavy atom. The molecule has 1 aliphatic heterocycles. The first-order valence-corrected chi connectivity index (χ1v) is 8.90. The molecule has 0 unspecified atom stereocenters. The zero-order valence-corrected chi connectivity index (χ0v) is 15.7. The van der Waals surface area contributed by atoms with Crippen molar-refractivity contribution in [1.29, 1.82) is 0 Å². The molecular weight excluding hydrogens is 406 g/mol. The van der Waals surface area contributed by atoms with Gasteiger partial charge in [-0.2, -0.15) is 0 Å². The second kappa shape index (κ2) is 7.53. The Morgan fingerprint density at radius 3 is 2.65 bits per heavy atom. The van der Waals surface area contributed by atoms with Gasteiger partial charge >= 0.3 is 0 Å². The number of rotatable bonds is 4. The molecule has 2 aromatic rings. The van der Waals surface area contributed by atoms with Crippen LogP contribution >= 0.6 is 15.9 Å². The molecule has 0 radical (unpaired) electrons. The van der Waals surface area contributed by atoms with Gasteiger partial charge in [0.25, 0.3) is 0 Å². The van der Waals surface area contributed by atoms with Crippen LogP contribution in [0.4, 0.5) is 14.5 Å². The van der Waals surface area contributed by atoms with Crippen molar-refractivity contribution in [1.82, 2.24) is 4.90 Å². The highest BCUT2D eigenvalue weighted by Gasteiger charge is 2.37. The average molecular weight is 423 g/mol. The molecule has 2 aromatic carbocycles. The molecule has 26 heavy (non-hydrogen) atoms. The lowest BCUT2D eigenvalue weighted by molar-refractivity contribution is -0.135. The summed E-state index contributed by atoms with van der Waals surface area (Å²) < 4.78 is 27.1.